The van der Waals surface area contributed by atoms with E-state index >= 15 is 0 Å². The molecule has 2 aliphatic rings. The molecule has 1 saturated heterocycles. The Labute approximate surface area is 108 Å². The lowest BCUT2D eigenvalue weighted by molar-refractivity contribution is 0.0780. The van der Waals surface area contributed by atoms with Crippen LogP contribution < -0.4 is 5.73 Å². The molecular weight excluding hydrogens is 224 g/mol. The molecule has 3 rings (SSSR count). The van der Waals surface area contributed by atoms with Gasteiger partial charge in [0.1, 0.15) is 0 Å². The summed E-state index contributed by atoms with van der Waals surface area (Å²) in [6.07, 6.45) is 3.93. The first-order valence-electron chi connectivity index (χ1n) is 6.81. The standard InChI is InChI=1S/C15H20N2O/c1-10-13(6-3-7-14(10)16)15(18)17-8-11-4-2-5-12(11)9-17/h3,6-7,11-12H,2,4-5,8-9,16H2,1H3. The van der Waals surface area contributed by atoms with Crippen LogP contribution in [-0.2, 0) is 0 Å². The van der Waals surface area contributed by atoms with E-state index in [0.29, 0.717) is 5.69 Å². The molecule has 1 aliphatic carbocycles. The molecule has 1 aliphatic heterocycles. The van der Waals surface area contributed by atoms with Crippen LogP contribution in [0.3, 0.4) is 0 Å². The van der Waals surface area contributed by atoms with Crippen molar-refractivity contribution >= 4 is 11.6 Å². The van der Waals surface area contributed by atoms with Gasteiger partial charge in [0.25, 0.3) is 5.91 Å². The monoisotopic (exact) mass is 244 g/mol. The predicted octanol–water partition coefficient (Wildman–Crippen LogP) is 2.45. The fraction of sp³-hybridized carbons (Fsp3) is 0.533. The van der Waals surface area contributed by atoms with Gasteiger partial charge in [-0.3, -0.25) is 4.79 Å². The van der Waals surface area contributed by atoms with Crippen molar-refractivity contribution in [3.05, 3.63) is 29.3 Å². The van der Waals surface area contributed by atoms with Crippen LogP contribution in [-0.4, -0.2) is 23.9 Å². The number of carbonyl (C=O) groups is 1. The molecule has 2 N–H and O–H groups in total. The van der Waals surface area contributed by atoms with Crippen molar-refractivity contribution in [3.63, 3.8) is 0 Å². The minimum Gasteiger partial charge on any atom is -0.398 e. The van der Waals surface area contributed by atoms with Gasteiger partial charge in [0.2, 0.25) is 0 Å². The summed E-state index contributed by atoms with van der Waals surface area (Å²) in [6.45, 7) is 3.81. The molecule has 0 aromatic heterocycles. The summed E-state index contributed by atoms with van der Waals surface area (Å²) >= 11 is 0. The van der Waals surface area contributed by atoms with E-state index in [9.17, 15) is 4.79 Å². The average molecular weight is 244 g/mol. The SMILES string of the molecule is Cc1c(N)cccc1C(=O)N1CC2CCCC2C1. The molecule has 0 radical (unpaired) electrons. The van der Waals surface area contributed by atoms with Crippen molar-refractivity contribution < 1.29 is 4.79 Å². The van der Waals surface area contributed by atoms with Gasteiger partial charge in [0.05, 0.1) is 0 Å². The van der Waals surface area contributed by atoms with Crippen molar-refractivity contribution in [1.29, 1.82) is 0 Å². The van der Waals surface area contributed by atoms with Crippen LogP contribution in [0.1, 0.15) is 35.2 Å². The van der Waals surface area contributed by atoms with Crippen molar-refractivity contribution in [3.8, 4) is 0 Å². The largest absolute Gasteiger partial charge is 0.398 e. The van der Waals surface area contributed by atoms with Gasteiger partial charge in [-0.05, 0) is 49.3 Å². The highest BCUT2D eigenvalue weighted by Gasteiger charge is 2.38. The molecule has 1 heterocycles. The maximum atomic E-state index is 12.5. The molecule has 1 saturated carbocycles. The number of fused-ring (bicyclic) bond motifs is 1. The summed E-state index contributed by atoms with van der Waals surface area (Å²) in [7, 11) is 0. The van der Waals surface area contributed by atoms with E-state index in [4.69, 9.17) is 5.73 Å². The number of hydrogen-bond acceptors (Lipinski definition) is 2. The number of nitrogens with zero attached hydrogens (tertiary/aromatic N) is 1. The molecule has 1 aromatic rings. The average Bonchev–Trinajstić information content (AvgIpc) is 2.92. The Kier molecular flexibility index (Phi) is 2.77. The first kappa shape index (κ1) is 11.6. The predicted molar refractivity (Wildman–Crippen MR) is 72.3 cm³/mol. The van der Waals surface area contributed by atoms with Gasteiger partial charge in [0, 0.05) is 24.3 Å². The second-order valence-corrected chi connectivity index (χ2v) is 5.68. The topological polar surface area (TPSA) is 46.3 Å². The Morgan fingerprint density at radius 2 is 1.94 bits per heavy atom. The lowest BCUT2D eigenvalue weighted by atomic mass is 10.0. The summed E-state index contributed by atoms with van der Waals surface area (Å²) in [6, 6.07) is 5.61. The van der Waals surface area contributed by atoms with E-state index in [1.807, 2.05) is 30.0 Å². The minimum absolute atomic E-state index is 0.161. The number of likely N-dealkylation sites (tertiary alicyclic amines) is 1. The Hall–Kier alpha value is -1.51. The van der Waals surface area contributed by atoms with Gasteiger partial charge in [-0.15, -0.1) is 0 Å². The Morgan fingerprint density at radius 3 is 2.61 bits per heavy atom. The molecule has 2 unspecified atom stereocenters. The van der Waals surface area contributed by atoms with Crippen LogP contribution in [0.4, 0.5) is 5.69 Å². The molecule has 3 heteroatoms. The van der Waals surface area contributed by atoms with E-state index < -0.39 is 0 Å². The molecular formula is C15H20N2O. The highest BCUT2D eigenvalue weighted by atomic mass is 16.2. The number of carbonyl (C=O) groups excluding carboxylic acids is 1. The summed E-state index contributed by atoms with van der Waals surface area (Å²) in [5.74, 6) is 1.65. The lowest BCUT2D eigenvalue weighted by Gasteiger charge is -2.19. The highest BCUT2D eigenvalue weighted by molar-refractivity contribution is 5.97. The summed E-state index contributed by atoms with van der Waals surface area (Å²) in [5.41, 5.74) is 8.28. The number of nitrogen functional groups attached to an aromatic ring is 1. The number of amides is 1. The number of hydrogen-bond donors (Lipinski definition) is 1. The fourth-order valence-corrected chi connectivity index (χ4v) is 3.46. The molecule has 0 bridgehead atoms. The van der Waals surface area contributed by atoms with Crippen molar-refractivity contribution in [2.45, 2.75) is 26.2 Å². The number of benzene rings is 1. The zero-order valence-corrected chi connectivity index (χ0v) is 10.9. The first-order valence-corrected chi connectivity index (χ1v) is 6.81. The third-order valence-corrected chi connectivity index (χ3v) is 4.62. The number of anilines is 1. The second kappa shape index (κ2) is 4.30. The van der Waals surface area contributed by atoms with E-state index in [0.717, 1.165) is 36.1 Å². The molecule has 0 spiro atoms. The quantitative estimate of drug-likeness (QED) is 0.771. The molecule has 18 heavy (non-hydrogen) atoms. The highest BCUT2D eigenvalue weighted by Crippen LogP contribution is 2.38. The van der Waals surface area contributed by atoms with E-state index in [1.54, 1.807) is 0 Å². The van der Waals surface area contributed by atoms with E-state index in [1.165, 1.54) is 19.3 Å². The van der Waals surface area contributed by atoms with Crippen LogP contribution in [0.5, 0.6) is 0 Å². The van der Waals surface area contributed by atoms with Crippen LogP contribution in [0.2, 0.25) is 0 Å². The van der Waals surface area contributed by atoms with Gasteiger partial charge in [0.15, 0.2) is 0 Å². The van der Waals surface area contributed by atoms with Crippen LogP contribution in [0.15, 0.2) is 18.2 Å². The van der Waals surface area contributed by atoms with Crippen LogP contribution >= 0.6 is 0 Å². The molecule has 1 amide bonds. The Bertz CT molecular complexity index is 471. The third kappa shape index (κ3) is 1.78. The maximum Gasteiger partial charge on any atom is 0.254 e. The first-order chi connectivity index (χ1) is 8.66. The molecule has 1 aromatic carbocycles. The number of nitrogens with two attached hydrogens (primary N) is 1. The Morgan fingerprint density at radius 1 is 1.28 bits per heavy atom. The van der Waals surface area contributed by atoms with Crippen LogP contribution in [0, 0.1) is 18.8 Å². The molecule has 2 fully saturated rings. The van der Waals surface area contributed by atoms with Gasteiger partial charge in [-0.1, -0.05) is 12.5 Å². The summed E-state index contributed by atoms with van der Waals surface area (Å²) in [5, 5.41) is 0. The van der Waals surface area contributed by atoms with E-state index in [-0.39, 0.29) is 5.91 Å². The second-order valence-electron chi connectivity index (χ2n) is 5.68. The normalized spacial score (nSPS) is 26.4. The van der Waals surface area contributed by atoms with Gasteiger partial charge in [-0.25, -0.2) is 0 Å². The van der Waals surface area contributed by atoms with Gasteiger partial charge >= 0.3 is 0 Å². The van der Waals surface area contributed by atoms with Gasteiger partial charge < -0.3 is 10.6 Å². The smallest absolute Gasteiger partial charge is 0.254 e. The maximum absolute atomic E-state index is 12.5. The molecule has 96 valence electrons. The Balaban J connectivity index is 1.81. The van der Waals surface area contributed by atoms with Crippen LogP contribution in [0.25, 0.3) is 0 Å². The number of rotatable bonds is 1. The van der Waals surface area contributed by atoms with Crippen molar-refractivity contribution in [1.82, 2.24) is 4.90 Å². The molecule has 3 nitrogen and oxygen atoms in total. The van der Waals surface area contributed by atoms with Crippen molar-refractivity contribution in [2.75, 3.05) is 18.8 Å². The third-order valence-electron chi connectivity index (χ3n) is 4.62. The zero-order valence-electron chi connectivity index (χ0n) is 10.9. The van der Waals surface area contributed by atoms with E-state index in [2.05, 4.69) is 0 Å². The summed E-state index contributed by atoms with van der Waals surface area (Å²) < 4.78 is 0. The summed E-state index contributed by atoms with van der Waals surface area (Å²) in [4.78, 5) is 14.5. The zero-order chi connectivity index (χ0) is 12.7. The fourth-order valence-electron chi connectivity index (χ4n) is 3.46. The lowest BCUT2D eigenvalue weighted by Crippen LogP contribution is -2.30. The minimum atomic E-state index is 0.161. The molecule has 2 atom stereocenters. The van der Waals surface area contributed by atoms with Crippen molar-refractivity contribution in [2.24, 2.45) is 11.8 Å². The van der Waals surface area contributed by atoms with Gasteiger partial charge in [-0.2, -0.15) is 0 Å².